The minimum atomic E-state index is -0.741. The summed E-state index contributed by atoms with van der Waals surface area (Å²) in [6.45, 7) is 0.287. The number of para-hydroxylation sites is 1. The summed E-state index contributed by atoms with van der Waals surface area (Å²) in [4.78, 5) is 38.4. The molecule has 4 N–H and O–H groups in total. The van der Waals surface area contributed by atoms with Gasteiger partial charge < -0.3 is 21.1 Å². The molecule has 0 saturated heterocycles. The third-order valence-corrected chi connectivity index (χ3v) is 5.28. The van der Waals surface area contributed by atoms with Crippen molar-refractivity contribution in [2.45, 2.75) is 26.1 Å². The van der Waals surface area contributed by atoms with E-state index in [2.05, 4.69) is 10.4 Å². The van der Waals surface area contributed by atoms with Gasteiger partial charge >= 0.3 is 0 Å². The Kier molecular flexibility index (Phi) is 7.55. The first-order valence-corrected chi connectivity index (χ1v) is 10.4. The van der Waals surface area contributed by atoms with E-state index in [1.54, 1.807) is 37.3 Å². The molecule has 34 heavy (non-hydrogen) atoms. The van der Waals surface area contributed by atoms with Crippen molar-refractivity contribution in [3.63, 3.8) is 0 Å². The Morgan fingerprint density at radius 3 is 2.68 bits per heavy atom. The Balaban J connectivity index is 1.74. The van der Waals surface area contributed by atoms with E-state index in [-0.39, 0.29) is 29.9 Å². The fourth-order valence-corrected chi connectivity index (χ4v) is 3.44. The van der Waals surface area contributed by atoms with Crippen molar-refractivity contribution >= 4 is 28.6 Å². The average Bonchev–Trinajstić information content (AvgIpc) is 3.20. The third kappa shape index (κ3) is 5.19. The minimum Gasteiger partial charge on any atom is -0.394 e. The molecule has 1 heterocycles. The third-order valence-electron chi connectivity index (χ3n) is 5.28. The average molecular weight is 466 g/mol. The van der Waals surface area contributed by atoms with E-state index in [9.17, 15) is 23.9 Å². The number of nitrogens with one attached hydrogen (secondary N) is 1. The van der Waals surface area contributed by atoms with Gasteiger partial charge in [0.25, 0.3) is 5.91 Å². The molecular weight excluding hydrogens is 443 g/mol. The number of amides is 3. The van der Waals surface area contributed by atoms with Crippen molar-refractivity contribution < 1.29 is 23.9 Å². The lowest BCUT2D eigenvalue weighted by molar-refractivity contribution is -0.139. The van der Waals surface area contributed by atoms with Crippen molar-refractivity contribution in [2.75, 3.05) is 13.2 Å². The number of primary amides is 1. The molecule has 0 aliphatic carbocycles. The van der Waals surface area contributed by atoms with E-state index in [1.807, 2.05) is 0 Å². The highest BCUT2D eigenvalue weighted by Crippen LogP contribution is 2.18. The zero-order valence-corrected chi connectivity index (χ0v) is 18.4. The van der Waals surface area contributed by atoms with Crippen LogP contribution in [0.2, 0.25) is 0 Å². The molecule has 1 atom stereocenters. The maximum absolute atomic E-state index is 14.2. The Morgan fingerprint density at radius 1 is 1.26 bits per heavy atom. The van der Waals surface area contributed by atoms with Crippen LogP contribution in [0.5, 0.6) is 0 Å². The number of carbonyl (C=O) groups is 3. The van der Waals surface area contributed by atoms with Crippen LogP contribution in [0.1, 0.15) is 28.5 Å². The molecule has 176 valence electrons. The van der Waals surface area contributed by atoms with Crippen LogP contribution in [-0.2, 0) is 22.7 Å². The number of nitrogens with two attached hydrogens (primary N) is 1. The van der Waals surface area contributed by atoms with Crippen LogP contribution in [0.25, 0.3) is 10.9 Å². The summed E-state index contributed by atoms with van der Waals surface area (Å²) >= 11 is 0. The summed E-state index contributed by atoms with van der Waals surface area (Å²) in [5.74, 6) is -2.58. The van der Waals surface area contributed by atoms with Crippen LogP contribution < -0.4 is 11.1 Å². The van der Waals surface area contributed by atoms with E-state index in [1.165, 1.54) is 22.9 Å². The SMILES string of the molecule is C[C@H](CO)N(CC(=O)NCc1cccc(C#N)c1F)C(=O)Cn1nc(C(N)=O)c2ccccc21. The number of benzene rings is 2. The smallest absolute Gasteiger partial charge is 0.269 e. The van der Waals surface area contributed by atoms with Gasteiger partial charge in [-0.2, -0.15) is 10.4 Å². The molecule has 11 heteroatoms. The number of nitriles is 1. The van der Waals surface area contributed by atoms with Gasteiger partial charge in [-0.25, -0.2) is 4.39 Å². The van der Waals surface area contributed by atoms with Crippen molar-refractivity contribution in [1.82, 2.24) is 20.0 Å². The van der Waals surface area contributed by atoms with Crippen molar-refractivity contribution in [3.05, 3.63) is 65.1 Å². The number of nitrogens with zero attached hydrogens (tertiary/aromatic N) is 4. The van der Waals surface area contributed by atoms with Gasteiger partial charge in [-0.05, 0) is 19.1 Å². The second-order valence-corrected chi connectivity index (χ2v) is 7.61. The fourth-order valence-electron chi connectivity index (χ4n) is 3.44. The van der Waals surface area contributed by atoms with Gasteiger partial charge in [0, 0.05) is 17.5 Å². The monoisotopic (exact) mass is 466 g/mol. The molecule has 0 aliphatic heterocycles. The Hall–Kier alpha value is -4.30. The zero-order chi connectivity index (χ0) is 24.8. The van der Waals surface area contributed by atoms with E-state index >= 15 is 0 Å². The molecule has 3 aromatic rings. The lowest BCUT2D eigenvalue weighted by Gasteiger charge is -2.27. The van der Waals surface area contributed by atoms with Crippen LogP contribution in [0.3, 0.4) is 0 Å². The van der Waals surface area contributed by atoms with Crippen molar-refractivity contribution in [3.8, 4) is 6.07 Å². The molecule has 0 spiro atoms. The van der Waals surface area contributed by atoms with Gasteiger partial charge in [-0.3, -0.25) is 19.1 Å². The Bertz CT molecular complexity index is 1280. The van der Waals surface area contributed by atoms with Crippen LogP contribution in [-0.4, -0.2) is 56.7 Å². The number of aliphatic hydroxyl groups excluding tert-OH is 1. The van der Waals surface area contributed by atoms with Gasteiger partial charge in [0.1, 0.15) is 18.4 Å². The largest absolute Gasteiger partial charge is 0.394 e. The molecule has 0 aliphatic rings. The number of aromatic nitrogens is 2. The van der Waals surface area contributed by atoms with Crippen LogP contribution in [0.15, 0.2) is 42.5 Å². The summed E-state index contributed by atoms with van der Waals surface area (Å²) in [6, 6.07) is 12.1. The van der Waals surface area contributed by atoms with E-state index < -0.39 is 42.7 Å². The van der Waals surface area contributed by atoms with Crippen LogP contribution in [0.4, 0.5) is 4.39 Å². The summed E-state index contributed by atoms with van der Waals surface area (Å²) in [5.41, 5.74) is 5.91. The normalized spacial score (nSPS) is 11.6. The first kappa shape index (κ1) is 24.3. The van der Waals surface area contributed by atoms with Crippen LogP contribution >= 0.6 is 0 Å². The molecule has 10 nitrogen and oxygen atoms in total. The summed E-state index contributed by atoms with van der Waals surface area (Å²) in [5, 5.41) is 25.7. The fraction of sp³-hybridized carbons (Fsp3) is 0.261. The highest BCUT2D eigenvalue weighted by atomic mass is 19.1. The standard InChI is InChI=1S/C23H23FN6O4/c1-14(13-31)29(11-19(32)27-10-16-6-4-5-15(9-25)21(16)24)20(33)12-30-18-8-3-2-7-17(18)22(28-30)23(26)34/h2-8,14,31H,10-13H2,1H3,(H2,26,34)(H,27,32)/t14-/m1/s1. The predicted octanol–water partition coefficient (Wildman–Crippen LogP) is 0.672. The molecule has 0 fully saturated rings. The van der Waals surface area contributed by atoms with Gasteiger partial charge in [-0.1, -0.05) is 30.3 Å². The topological polar surface area (TPSA) is 154 Å². The predicted molar refractivity (Wildman–Crippen MR) is 119 cm³/mol. The maximum Gasteiger partial charge on any atom is 0.269 e. The Morgan fingerprint density at radius 2 is 2.00 bits per heavy atom. The van der Waals surface area contributed by atoms with Gasteiger partial charge in [0.05, 0.1) is 30.3 Å². The number of hydrogen-bond acceptors (Lipinski definition) is 6. The van der Waals surface area contributed by atoms with E-state index in [0.717, 1.165) is 4.90 Å². The summed E-state index contributed by atoms with van der Waals surface area (Å²) < 4.78 is 15.5. The first-order valence-electron chi connectivity index (χ1n) is 10.4. The maximum atomic E-state index is 14.2. The molecule has 2 aromatic carbocycles. The number of hydrogen-bond donors (Lipinski definition) is 3. The van der Waals surface area contributed by atoms with E-state index in [0.29, 0.717) is 10.9 Å². The molecule has 0 bridgehead atoms. The Labute approximate surface area is 194 Å². The molecule has 0 saturated carbocycles. The molecule has 3 rings (SSSR count). The number of carbonyl (C=O) groups excluding carboxylic acids is 3. The number of aliphatic hydroxyl groups is 1. The minimum absolute atomic E-state index is 0.0181. The second-order valence-electron chi connectivity index (χ2n) is 7.61. The molecule has 3 amide bonds. The van der Waals surface area contributed by atoms with E-state index in [4.69, 9.17) is 11.0 Å². The lowest BCUT2D eigenvalue weighted by atomic mass is 10.1. The lowest BCUT2D eigenvalue weighted by Crippen LogP contribution is -2.47. The van der Waals surface area contributed by atoms with Gasteiger partial charge in [0.2, 0.25) is 11.8 Å². The molecular formula is C23H23FN6O4. The number of fused-ring (bicyclic) bond motifs is 1. The molecule has 0 unspecified atom stereocenters. The highest BCUT2D eigenvalue weighted by molar-refractivity contribution is 6.04. The second kappa shape index (κ2) is 10.5. The summed E-state index contributed by atoms with van der Waals surface area (Å²) in [6.07, 6.45) is 0. The van der Waals surface area contributed by atoms with Crippen LogP contribution in [0, 0.1) is 17.1 Å². The first-order chi connectivity index (χ1) is 16.3. The van der Waals surface area contributed by atoms with Crippen molar-refractivity contribution in [1.29, 1.82) is 5.26 Å². The highest BCUT2D eigenvalue weighted by Gasteiger charge is 2.25. The quantitative estimate of drug-likeness (QED) is 0.421. The zero-order valence-electron chi connectivity index (χ0n) is 18.4. The van der Waals surface area contributed by atoms with Crippen molar-refractivity contribution in [2.24, 2.45) is 5.73 Å². The number of halogens is 1. The van der Waals surface area contributed by atoms with Gasteiger partial charge in [-0.15, -0.1) is 0 Å². The molecule has 0 radical (unpaired) electrons. The summed E-state index contributed by atoms with van der Waals surface area (Å²) in [7, 11) is 0. The molecule has 1 aromatic heterocycles. The van der Waals surface area contributed by atoms with Gasteiger partial charge in [0.15, 0.2) is 5.69 Å². The number of rotatable bonds is 9.